The Hall–Kier alpha value is -2.18. The SMILES string of the molecule is C[C@]12CC(=O)O[C@H](C1)[C@]1(C)OC(=O)C3(O)CCC4C(CC(O)[C@@]5(O)CC=CC(=O)[C@]45C)[C@@]4(O)O[C@]31C2C4=O. The molecule has 2 saturated carbocycles. The van der Waals surface area contributed by atoms with E-state index >= 15 is 0 Å². The number of fused-ring (bicyclic) bond motifs is 9. The highest BCUT2D eigenvalue weighted by molar-refractivity contribution is 6.00. The Morgan fingerprint density at radius 2 is 1.74 bits per heavy atom. The zero-order chi connectivity index (χ0) is 27.5. The first-order chi connectivity index (χ1) is 17.6. The second-order valence-corrected chi connectivity index (χ2v) is 13.3. The fourth-order valence-corrected chi connectivity index (χ4v) is 9.84. The molecule has 4 N–H and O–H groups in total. The second-order valence-electron chi connectivity index (χ2n) is 13.3. The van der Waals surface area contributed by atoms with Gasteiger partial charge in [-0.05, 0) is 63.4 Å². The van der Waals surface area contributed by atoms with E-state index in [1.165, 1.54) is 26.0 Å². The van der Waals surface area contributed by atoms with E-state index in [9.17, 15) is 39.6 Å². The Kier molecular flexibility index (Phi) is 4.30. The normalized spacial score (nSPS) is 60.2. The monoisotopic (exact) mass is 532 g/mol. The lowest BCUT2D eigenvalue weighted by molar-refractivity contribution is -0.354. The fraction of sp³-hybridized carbons (Fsp3) is 0.778. The lowest BCUT2D eigenvalue weighted by Crippen LogP contribution is -2.77. The molecule has 4 bridgehead atoms. The topological polar surface area (TPSA) is 177 Å². The third-order valence-electron chi connectivity index (χ3n) is 11.8. The van der Waals surface area contributed by atoms with Crippen LogP contribution in [-0.2, 0) is 33.4 Å². The van der Waals surface area contributed by atoms with Gasteiger partial charge in [0.15, 0.2) is 28.4 Å². The molecule has 0 aromatic heterocycles. The first-order valence-corrected chi connectivity index (χ1v) is 13.3. The third kappa shape index (κ3) is 2.20. The number of aliphatic hydroxyl groups excluding tert-OH is 1. The zero-order valence-corrected chi connectivity index (χ0v) is 21.4. The summed E-state index contributed by atoms with van der Waals surface area (Å²) in [5.41, 5.74) is -11.0. The summed E-state index contributed by atoms with van der Waals surface area (Å²) >= 11 is 0. The van der Waals surface area contributed by atoms with Gasteiger partial charge in [-0.1, -0.05) is 13.0 Å². The van der Waals surface area contributed by atoms with Gasteiger partial charge in [-0.2, -0.15) is 0 Å². The van der Waals surface area contributed by atoms with Crippen LogP contribution in [0.4, 0.5) is 0 Å². The summed E-state index contributed by atoms with van der Waals surface area (Å²) in [5, 5.41) is 47.4. The number of hydrogen-bond acceptors (Lipinski definition) is 11. The van der Waals surface area contributed by atoms with Crippen LogP contribution >= 0.6 is 0 Å². The van der Waals surface area contributed by atoms with Crippen molar-refractivity contribution in [2.75, 3.05) is 0 Å². The molecule has 6 fully saturated rings. The van der Waals surface area contributed by atoms with Crippen LogP contribution in [0.3, 0.4) is 0 Å². The first-order valence-electron chi connectivity index (χ1n) is 13.3. The predicted octanol–water partition coefficient (Wildman–Crippen LogP) is -0.541. The summed E-state index contributed by atoms with van der Waals surface area (Å²) in [6.07, 6.45) is -0.389. The number of ketones is 2. The highest BCUT2D eigenvalue weighted by Gasteiger charge is 2.91. The summed E-state index contributed by atoms with van der Waals surface area (Å²) in [6.45, 7) is 4.64. The number of allylic oxidation sites excluding steroid dienone is 1. The molecule has 38 heavy (non-hydrogen) atoms. The van der Waals surface area contributed by atoms with Gasteiger partial charge in [-0.15, -0.1) is 0 Å². The molecule has 4 heterocycles. The number of carbonyl (C=O) groups is 4. The molecule has 0 aromatic carbocycles. The summed E-state index contributed by atoms with van der Waals surface area (Å²) < 4.78 is 17.8. The molecular weight excluding hydrogens is 500 g/mol. The van der Waals surface area contributed by atoms with E-state index in [4.69, 9.17) is 14.2 Å². The Morgan fingerprint density at radius 1 is 1.03 bits per heavy atom. The molecular formula is C27H32O11. The number of esters is 2. The highest BCUT2D eigenvalue weighted by atomic mass is 16.7. The van der Waals surface area contributed by atoms with E-state index in [0.717, 1.165) is 0 Å². The van der Waals surface area contributed by atoms with Gasteiger partial charge in [0.1, 0.15) is 11.7 Å². The van der Waals surface area contributed by atoms with Crippen LogP contribution in [0.5, 0.6) is 0 Å². The molecule has 4 saturated heterocycles. The number of carbonyl (C=O) groups excluding carboxylic acids is 4. The van der Waals surface area contributed by atoms with E-state index in [-0.39, 0.29) is 38.5 Å². The minimum absolute atomic E-state index is 0.0248. The van der Waals surface area contributed by atoms with Crippen molar-refractivity contribution in [2.45, 2.75) is 99.7 Å². The minimum Gasteiger partial charge on any atom is -0.458 e. The second kappa shape index (κ2) is 6.58. The largest absolute Gasteiger partial charge is 0.458 e. The van der Waals surface area contributed by atoms with Gasteiger partial charge in [-0.25, -0.2) is 4.79 Å². The van der Waals surface area contributed by atoms with Crippen LogP contribution < -0.4 is 0 Å². The first kappa shape index (κ1) is 24.8. The van der Waals surface area contributed by atoms with E-state index in [1.54, 1.807) is 6.92 Å². The maximum absolute atomic E-state index is 14.5. The van der Waals surface area contributed by atoms with E-state index in [1.807, 2.05) is 0 Å². The smallest absolute Gasteiger partial charge is 0.342 e. The standard InChI is InChI=1S/C27H32O11/c1-21-10-16(36-17(30)11-21)23(3)27-18(21)19(31)26(35,38-27)13-9-15(29)24(33)7-4-5-14(28)22(24,2)12(13)6-8-25(27,34)20(32)37-23/h4-5,12-13,15-16,18,29,33-35H,6-11H2,1-3H3/t12?,13?,15?,16-,18?,21-,22+,23+,24+,25?,26-,27+/m1/s1. The zero-order valence-electron chi connectivity index (χ0n) is 21.4. The Labute approximate surface area is 218 Å². The van der Waals surface area contributed by atoms with Crippen molar-refractivity contribution in [1.82, 2.24) is 0 Å². The molecule has 7 rings (SSSR count). The summed E-state index contributed by atoms with van der Waals surface area (Å²) in [7, 11) is 0. The highest BCUT2D eigenvalue weighted by Crippen LogP contribution is 2.73. The van der Waals surface area contributed by atoms with Gasteiger partial charge >= 0.3 is 11.9 Å². The molecule has 206 valence electrons. The summed E-state index contributed by atoms with van der Waals surface area (Å²) in [6, 6.07) is 0. The summed E-state index contributed by atoms with van der Waals surface area (Å²) in [4.78, 5) is 54.1. The van der Waals surface area contributed by atoms with E-state index < -0.39 is 92.5 Å². The van der Waals surface area contributed by atoms with Crippen molar-refractivity contribution in [1.29, 1.82) is 0 Å². The molecule has 0 amide bonds. The van der Waals surface area contributed by atoms with Crippen molar-refractivity contribution in [2.24, 2.45) is 28.6 Å². The maximum atomic E-state index is 14.5. The van der Waals surface area contributed by atoms with Crippen LogP contribution in [0, 0.1) is 28.6 Å². The molecule has 0 aromatic rings. The Balaban J connectivity index is 1.49. The van der Waals surface area contributed by atoms with Crippen molar-refractivity contribution in [3.05, 3.63) is 12.2 Å². The van der Waals surface area contributed by atoms with Crippen LogP contribution in [0.2, 0.25) is 0 Å². The van der Waals surface area contributed by atoms with E-state index in [2.05, 4.69) is 0 Å². The van der Waals surface area contributed by atoms with Crippen molar-refractivity contribution in [3.8, 4) is 0 Å². The average molecular weight is 533 g/mol. The molecule has 11 nitrogen and oxygen atoms in total. The molecule has 5 unspecified atom stereocenters. The van der Waals surface area contributed by atoms with Gasteiger partial charge in [-0.3, -0.25) is 14.4 Å². The molecule has 3 aliphatic carbocycles. The molecule has 1 spiro atoms. The molecule has 11 heteroatoms. The number of Topliss-reactive ketones (excluding diaryl/α,β-unsaturated/α-hetero) is 1. The predicted molar refractivity (Wildman–Crippen MR) is 123 cm³/mol. The number of aliphatic hydroxyl groups is 4. The van der Waals surface area contributed by atoms with Crippen LogP contribution in [0.1, 0.15) is 59.3 Å². The van der Waals surface area contributed by atoms with Crippen LogP contribution in [-0.4, -0.2) is 84.3 Å². The van der Waals surface area contributed by atoms with Crippen LogP contribution in [0.15, 0.2) is 12.2 Å². The van der Waals surface area contributed by atoms with Crippen LogP contribution in [0.25, 0.3) is 0 Å². The number of rotatable bonds is 0. The molecule has 0 radical (unpaired) electrons. The van der Waals surface area contributed by atoms with Gasteiger partial charge in [0, 0.05) is 5.92 Å². The van der Waals surface area contributed by atoms with Gasteiger partial charge in [0.05, 0.1) is 23.9 Å². The number of ether oxygens (including phenoxy) is 3. The fourth-order valence-electron chi connectivity index (χ4n) is 9.84. The Morgan fingerprint density at radius 3 is 2.45 bits per heavy atom. The molecule has 7 aliphatic rings. The minimum atomic E-state index is -2.64. The van der Waals surface area contributed by atoms with Crippen molar-refractivity contribution in [3.63, 3.8) is 0 Å². The summed E-state index contributed by atoms with van der Waals surface area (Å²) in [5.74, 6) is -9.04. The Bertz CT molecular complexity index is 1260. The van der Waals surface area contributed by atoms with Crippen molar-refractivity contribution >= 4 is 23.5 Å². The number of hydrogen-bond donors (Lipinski definition) is 4. The lowest BCUT2D eigenvalue weighted by Gasteiger charge is -2.62. The van der Waals surface area contributed by atoms with Gasteiger partial charge in [0.25, 0.3) is 0 Å². The average Bonchev–Trinajstić information content (AvgIpc) is 3.18. The third-order valence-corrected chi connectivity index (χ3v) is 11.8. The van der Waals surface area contributed by atoms with Gasteiger partial charge in [0.2, 0.25) is 5.79 Å². The van der Waals surface area contributed by atoms with Gasteiger partial charge < -0.3 is 34.6 Å². The quantitative estimate of drug-likeness (QED) is 0.295. The maximum Gasteiger partial charge on any atom is 0.342 e. The molecule has 12 atom stereocenters. The molecule has 4 aliphatic heterocycles. The van der Waals surface area contributed by atoms with E-state index in [0.29, 0.717) is 0 Å². The van der Waals surface area contributed by atoms with Crippen molar-refractivity contribution < 1.29 is 53.8 Å². The lowest BCUT2D eigenvalue weighted by atomic mass is 9.47.